The Morgan fingerprint density at radius 2 is 2.33 bits per heavy atom. The topological polar surface area (TPSA) is 0 Å². The zero-order valence-electron chi connectivity index (χ0n) is 8.05. The lowest BCUT2D eigenvalue weighted by Gasteiger charge is -2.29. The second kappa shape index (κ2) is 4.96. The summed E-state index contributed by atoms with van der Waals surface area (Å²) in [7, 11) is 0. The average molecular weight is 184 g/mol. The number of hydrogen-bond acceptors (Lipinski definition) is 1. The van der Waals surface area contributed by atoms with E-state index in [1.54, 1.807) is 0 Å². The van der Waals surface area contributed by atoms with Gasteiger partial charge in [-0.3, -0.25) is 0 Å². The summed E-state index contributed by atoms with van der Waals surface area (Å²) in [5.41, 5.74) is 1.45. The van der Waals surface area contributed by atoms with Crippen molar-refractivity contribution in [2.24, 2.45) is 5.92 Å². The van der Waals surface area contributed by atoms with Crippen molar-refractivity contribution < 1.29 is 0 Å². The molecule has 70 valence electrons. The van der Waals surface area contributed by atoms with Gasteiger partial charge in [0.1, 0.15) is 0 Å². The van der Waals surface area contributed by atoms with Crippen LogP contribution < -0.4 is 0 Å². The Hall–Kier alpha value is 0.0900. The van der Waals surface area contributed by atoms with Crippen molar-refractivity contribution >= 4 is 12.6 Å². The van der Waals surface area contributed by atoms with Crippen LogP contribution in [-0.4, -0.2) is 5.25 Å². The average Bonchev–Trinajstić information content (AvgIpc) is 2.05. The normalized spacial score (nSPS) is 27.2. The van der Waals surface area contributed by atoms with Crippen LogP contribution in [0.25, 0.3) is 0 Å². The molecule has 0 spiro atoms. The van der Waals surface area contributed by atoms with E-state index in [0.717, 1.165) is 0 Å². The lowest BCUT2D eigenvalue weighted by Crippen LogP contribution is -2.20. The molecular formula is C11H20S. The van der Waals surface area contributed by atoms with E-state index in [-0.39, 0.29) is 0 Å². The molecular weight excluding hydrogens is 164 g/mol. The summed E-state index contributed by atoms with van der Waals surface area (Å²) in [5, 5.41) is 0.572. The van der Waals surface area contributed by atoms with Gasteiger partial charge < -0.3 is 0 Å². The van der Waals surface area contributed by atoms with Crippen LogP contribution in [0.1, 0.15) is 45.4 Å². The summed E-state index contributed by atoms with van der Waals surface area (Å²) in [6, 6.07) is 0. The molecule has 0 aromatic rings. The molecule has 2 unspecified atom stereocenters. The van der Waals surface area contributed by atoms with Crippen LogP contribution in [0.5, 0.6) is 0 Å². The minimum Gasteiger partial charge on any atom is -0.175 e. The van der Waals surface area contributed by atoms with Crippen molar-refractivity contribution in [1.82, 2.24) is 0 Å². The van der Waals surface area contributed by atoms with Crippen LogP contribution in [0.4, 0.5) is 0 Å². The SMILES string of the molecule is C=C1CCCCC1C(S)CCC. The van der Waals surface area contributed by atoms with Crippen LogP contribution in [-0.2, 0) is 0 Å². The third-order valence-corrected chi connectivity index (χ3v) is 3.45. The first-order chi connectivity index (χ1) is 5.75. The third kappa shape index (κ3) is 2.55. The summed E-state index contributed by atoms with van der Waals surface area (Å²) < 4.78 is 0. The lowest BCUT2D eigenvalue weighted by molar-refractivity contribution is 0.430. The summed E-state index contributed by atoms with van der Waals surface area (Å²) in [4.78, 5) is 0. The molecule has 1 aliphatic rings. The Bertz CT molecular complexity index is 151. The van der Waals surface area contributed by atoms with Gasteiger partial charge in [0.05, 0.1) is 0 Å². The molecule has 1 rings (SSSR count). The van der Waals surface area contributed by atoms with Gasteiger partial charge in [0.15, 0.2) is 0 Å². The summed E-state index contributed by atoms with van der Waals surface area (Å²) in [6.45, 7) is 6.38. The fourth-order valence-electron chi connectivity index (χ4n) is 2.07. The monoisotopic (exact) mass is 184 g/mol. The van der Waals surface area contributed by atoms with E-state index in [4.69, 9.17) is 0 Å². The smallest absolute Gasteiger partial charge is 0.00820 e. The molecule has 0 amide bonds. The van der Waals surface area contributed by atoms with Crippen molar-refractivity contribution in [1.29, 1.82) is 0 Å². The van der Waals surface area contributed by atoms with Crippen molar-refractivity contribution in [2.45, 2.75) is 50.7 Å². The van der Waals surface area contributed by atoms with Gasteiger partial charge in [0.25, 0.3) is 0 Å². The highest BCUT2D eigenvalue weighted by Crippen LogP contribution is 2.34. The molecule has 0 aromatic carbocycles. The van der Waals surface area contributed by atoms with Crippen molar-refractivity contribution in [3.8, 4) is 0 Å². The zero-order valence-corrected chi connectivity index (χ0v) is 8.95. The van der Waals surface area contributed by atoms with Crippen LogP contribution in [0.15, 0.2) is 12.2 Å². The molecule has 0 aliphatic heterocycles. The minimum atomic E-state index is 0.572. The van der Waals surface area contributed by atoms with Crippen LogP contribution in [0, 0.1) is 5.92 Å². The van der Waals surface area contributed by atoms with Gasteiger partial charge in [-0.1, -0.05) is 31.9 Å². The minimum absolute atomic E-state index is 0.572. The van der Waals surface area contributed by atoms with Crippen molar-refractivity contribution in [3.05, 3.63) is 12.2 Å². The third-order valence-electron chi connectivity index (χ3n) is 2.84. The second-order valence-corrected chi connectivity index (χ2v) is 4.53. The maximum Gasteiger partial charge on any atom is 0.00820 e. The predicted molar refractivity (Wildman–Crippen MR) is 58.8 cm³/mol. The fourth-order valence-corrected chi connectivity index (χ4v) is 2.69. The number of thiol groups is 1. The van der Waals surface area contributed by atoms with Gasteiger partial charge in [-0.2, -0.15) is 12.6 Å². The molecule has 0 heterocycles. The van der Waals surface area contributed by atoms with Crippen molar-refractivity contribution in [2.75, 3.05) is 0 Å². The maximum atomic E-state index is 4.65. The summed E-state index contributed by atoms with van der Waals surface area (Å²) in [6.07, 6.45) is 7.79. The predicted octanol–water partition coefficient (Wildman–Crippen LogP) is 3.83. The van der Waals surface area contributed by atoms with Gasteiger partial charge >= 0.3 is 0 Å². The Morgan fingerprint density at radius 3 is 2.92 bits per heavy atom. The molecule has 1 saturated carbocycles. The molecule has 0 radical (unpaired) electrons. The second-order valence-electron chi connectivity index (χ2n) is 3.87. The highest BCUT2D eigenvalue weighted by molar-refractivity contribution is 7.81. The first kappa shape index (κ1) is 10.2. The van der Waals surface area contributed by atoms with E-state index in [0.29, 0.717) is 11.2 Å². The molecule has 0 N–H and O–H groups in total. The van der Waals surface area contributed by atoms with Crippen LogP contribution >= 0.6 is 12.6 Å². The molecule has 0 aromatic heterocycles. The van der Waals surface area contributed by atoms with E-state index in [1.807, 2.05) is 0 Å². The quantitative estimate of drug-likeness (QED) is 0.500. The standard InChI is InChI=1S/C11H20S/c1-3-6-11(12)10-8-5-4-7-9(10)2/h10-12H,2-8H2,1H3. The molecule has 1 heteroatoms. The first-order valence-electron chi connectivity index (χ1n) is 5.11. The summed E-state index contributed by atoms with van der Waals surface area (Å²) in [5.74, 6) is 0.710. The Kier molecular flexibility index (Phi) is 4.20. The van der Waals surface area contributed by atoms with E-state index in [9.17, 15) is 0 Å². The maximum absolute atomic E-state index is 4.65. The van der Waals surface area contributed by atoms with Gasteiger partial charge in [0.2, 0.25) is 0 Å². The van der Waals surface area contributed by atoms with Gasteiger partial charge in [-0.25, -0.2) is 0 Å². The summed E-state index contributed by atoms with van der Waals surface area (Å²) >= 11 is 4.65. The molecule has 1 aliphatic carbocycles. The van der Waals surface area contributed by atoms with E-state index >= 15 is 0 Å². The van der Waals surface area contributed by atoms with E-state index < -0.39 is 0 Å². The zero-order chi connectivity index (χ0) is 8.97. The highest BCUT2D eigenvalue weighted by atomic mass is 32.1. The van der Waals surface area contributed by atoms with Crippen LogP contribution in [0.2, 0.25) is 0 Å². The largest absolute Gasteiger partial charge is 0.175 e. The number of rotatable bonds is 3. The molecule has 0 nitrogen and oxygen atoms in total. The Balaban J connectivity index is 2.42. The molecule has 1 fully saturated rings. The van der Waals surface area contributed by atoms with Crippen LogP contribution in [0.3, 0.4) is 0 Å². The fraction of sp³-hybridized carbons (Fsp3) is 0.818. The lowest BCUT2D eigenvalue weighted by atomic mass is 9.82. The Labute approximate surface area is 81.8 Å². The van der Waals surface area contributed by atoms with Gasteiger partial charge in [0, 0.05) is 5.25 Å². The first-order valence-corrected chi connectivity index (χ1v) is 5.63. The molecule has 0 bridgehead atoms. The molecule has 12 heavy (non-hydrogen) atoms. The Morgan fingerprint density at radius 1 is 1.58 bits per heavy atom. The molecule has 0 saturated heterocycles. The van der Waals surface area contributed by atoms with E-state index in [2.05, 4.69) is 26.1 Å². The van der Waals surface area contributed by atoms with E-state index in [1.165, 1.54) is 44.1 Å². The van der Waals surface area contributed by atoms with Gasteiger partial charge in [-0.05, 0) is 31.6 Å². The number of hydrogen-bond donors (Lipinski definition) is 1. The number of allylic oxidation sites excluding steroid dienone is 1. The van der Waals surface area contributed by atoms with Crippen molar-refractivity contribution in [3.63, 3.8) is 0 Å². The molecule has 2 atom stereocenters. The van der Waals surface area contributed by atoms with Gasteiger partial charge in [-0.15, -0.1) is 0 Å². The highest BCUT2D eigenvalue weighted by Gasteiger charge is 2.22.